The van der Waals surface area contributed by atoms with Crippen LogP contribution in [0.4, 0.5) is 0 Å². The molecule has 0 amide bonds. The fourth-order valence-electron chi connectivity index (χ4n) is 1.32. The van der Waals surface area contributed by atoms with E-state index in [0.29, 0.717) is 6.61 Å². The molecule has 0 saturated carbocycles. The zero-order valence-electron chi connectivity index (χ0n) is 10.9. The molecule has 0 aliphatic carbocycles. The maximum atomic E-state index is 11.2. The van der Waals surface area contributed by atoms with Crippen molar-refractivity contribution in [2.24, 2.45) is 0 Å². The Kier molecular flexibility index (Phi) is 4.94. The normalized spacial score (nSPS) is 12.0. The highest BCUT2D eigenvalue weighted by atomic mass is 32.1. The van der Waals surface area contributed by atoms with Gasteiger partial charge in [-0.15, -0.1) is 11.3 Å². The van der Waals surface area contributed by atoms with Gasteiger partial charge in [-0.3, -0.25) is 0 Å². The van der Waals surface area contributed by atoms with Crippen LogP contribution in [0, 0.1) is 0 Å². The van der Waals surface area contributed by atoms with Crippen molar-refractivity contribution in [2.75, 3.05) is 6.61 Å². The summed E-state index contributed by atoms with van der Waals surface area (Å²) in [6, 6.07) is 4.19. The Morgan fingerprint density at radius 3 is 2.71 bits per heavy atom. The molecule has 0 atom stereocenters. The highest BCUT2D eigenvalue weighted by molar-refractivity contribution is 7.13. The Morgan fingerprint density at radius 1 is 1.41 bits per heavy atom. The van der Waals surface area contributed by atoms with E-state index in [9.17, 15) is 4.79 Å². The van der Waals surface area contributed by atoms with E-state index in [0.717, 1.165) is 11.3 Å². The van der Waals surface area contributed by atoms with E-state index >= 15 is 0 Å². The summed E-state index contributed by atoms with van der Waals surface area (Å²) in [5.41, 5.74) is 0.209. The minimum absolute atomic E-state index is 0.209. The molecule has 2 nitrogen and oxygen atoms in total. The van der Waals surface area contributed by atoms with Gasteiger partial charge in [0.25, 0.3) is 0 Å². The lowest BCUT2D eigenvalue weighted by molar-refractivity contribution is -0.137. The molecule has 0 unspecified atom stereocenters. The number of ether oxygens (including phenoxy) is 1. The van der Waals surface area contributed by atoms with Crippen LogP contribution in [-0.4, -0.2) is 12.6 Å². The Bertz CT molecular complexity index is 402. The molecule has 0 fully saturated rings. The molecule has 94 valence electrons. The predicted octanol–water partition coefficient (Wildman–Crippen LogP) is 4.01. The molecule has 0 spiro atoms. The summed E-state index contributed by atoms with van der Waals surface area (Å²) in [7, 11) is 0. The molecule has 0 saturated heterocycles. The van der Waals surface area contributed by atoms with Gasteiger partial charge in [-0.1, -0.05) is 20.8 Å². The monoisotopic (exact) mass is 252 g/mol. The lowest BCUT2D eigenvalue weighted by Crippen LogP contribution is -2.12. The van der Waals surface area contributed by atoms with Crippen LogP contribution in [0.5, 0.6) is 0 Å². The van der Waals surface area contributed by atoms with Crippen LogP contribution in [0.25, 0.3) is 6.08 Å². The first-order chi connectivity index (χ1) is 7.99. The molecular weight excluding hydrogens is 232 g/mol. The maximum absolute atomic E-state index is 11.2. The number of rotatable bonds is 5. The molecule has 1 rings (SSSR count). The van der Waals surface area contributed by atoms with Crippen LogP contribution < -0.4 is 0 Å². The molecule has 1 aromatic heterocycles. The number of carbonyl (C=O) groups excluding carboxylic acids is 1. The largest absolute Gasteiger partial charge is 0.463 e. The molecule has 0 N–H and O–H groups in total. The highest BCUT2D eigenvalue weighted by Gasteiger charge is 2.19. The quantitative estimate of drug-likeness (QED) is 0.584. The standard InChI is InChI=1S/C14H20O2S/c1-5-14(3,4)12-9-7-11(17-12)8-10-13(15)16-6-2/h7-10H,5-6H2,1-4H3/b10-8-. The van der Waals surface area contributed by atoms with Crippen molar-refractivity contribution < 1.29 is 9.53 Å². The van der Waals surface area contributed by atoms with Gasteiger partial charge in [0, 0.05) is 15.8 Å². The summed E-state index contributed by atoms with van der Waals surface area (Å²) in [5.74, 6) is -0.280. The van der Waals surface area contributed by atoms with Gasteiger partial charge in [0.15, 0.2) is 0 Å². The van der Waals surface area contributed by atoms with Gasteiger partial charge in [0.05, 0.1) is 6.61 Å². The second-order valence-electron chi connectivity index (χ2n) is 4.52. The summed E-state index contributed by atoms with van der Waals surface area (Å²) in [4.78, 5) is 13.6. The van der Waals surface area contributed by atoms with Gasteiger partial charge in [0.2, 0.25) is 0 Å². The molecule has 0 aromatic carbocycles. The summed E-state index contributed by atoms with van der Waals surface area (Å²) in [5, 5.41) is 0. The molecule has 0 aliphatic rings. The summed E-state index contributed by atoms with van der Waals surface area (Å²) in [6.07, 6.45) is 4.41. The molecule has 1 aromatic rings. The van der Waals surface area contributed by atoms with E-state index < -0.39 is 0 Å². The third-order valence-corrected chi connectivity index (χ3v) is 4.26. The molecule has 1 heterocycles. The zero-order valence-corrected chi connectivity index (χ0v) is 11.8. The number of hydrogen-bond acceptors (Lipinski definition) is 3. The van der Waals surface area contributed by atoms with Gasteiger partial charge >= 0.3 is 5.97 Å². The van der Waals surface area contributed by atoms with Crippen LogP contribution in [0.15, 0.2) is 18.2 Å². The van der Waals surface area contributed by atoms with Crippen molar-refractivity contribution in [3.8, 4) is 0 Å². The zero-order chi connectivity index (χ0) is 12.9. The SMILES string of the molecule is CCOC(=O)/C=C\c1ccc(C(C)(C)CC)s1. The third kappa shape index (κ3) is 4.00. The second kappa shape index (κ2) is 6.01. The van der Waals surface area contributed by atoms with Crippen LogP contribution in [0.1, 0.15) is 43.9 Å². The Morgan fingerprint density at radius 2 is 2.12 bits per heavy atom. The molecular formula is C14H20O2S. The maximum Gasteiger partial charge on any atom is 0.330 e. The van der Waals surface area contributed by atoms with E-state index in [1.165, 1.54) is 11.0 Å². The Balaban J connectivity index is 2.72. The topological polar surface area (TPSA) is 26.3 Å². The average molecular weight is 252 g/mol. The molecule has 0 bridgehead atoms. The van der Waals surface area contributed by atoms with Gasteiger partial charge < -0.3 is 4.74 Å². The first-order valence-corrected chi connectivity index (χ1v) is 6.76. The van der Waals surface area contributed by atoms with Crippen LogP contribution in [0.3, 0.4) is 0 Å². The van der Waals surface area contributed by atoms with Crippen molar-refractivity contribution in [1.29, 1.82) is 0 Å². The summed E-state index contributed by atoms with van der Waals surface area (Å²) >= 11 is 1.73. The summed E-state index contributed by atoms with van der Waals surface area (Å²) < 4.78 is 4.84. The minimum Gasteiger partial charge on any atom is -0.463 e. The van der Waals surface area contributed by atoms with E-state index in [1.54, 1.807) is 18.3 Å². The second-order valence-corrected chi connectivity index (χ2v) is 5.64. The van der Waals surface area contributed by atoms with Crippen molar-refractivity contribution in [3.05, 3.63) is 28.0 Å². The van der Waals surface area contributed by atoms with Crippen molar-refractivity contribution >= 4 is 23.4 Å². The fraction of sp³-hybridized carbons (Fsp3) is 0.500. The van der Waals surface area contributed by atoms with Gasteiger partial charge in [-0.05, 0) is 37.0 Å². The average Bonchev–Trinajstić information content (AvgIpc) is 2.76. The lowest BCUT2D eigenvalue weighted by atomic mass is 9.89. The molecule has 17 heavy (non-hydrogen) atoms. The Labute approximate surface area is 107 Å². The smallest absolute Gasteiger partial charge is 0.330 e. The lowest BCUT2D eigenvalue weighted by Gasteiger charge is -2.20. The first kappa shape index (κ1) is 14.0. The predicted molar refractivity (Wildman–Crippen MR) is 73.3 cm³/mol. The molecule has 0 radical (unpaired) electrons. The molecule has 0 aliphatic heterocycles. The third-order valence-electron chi connectivity index (χ3n) is 2.85. The van der Waals surface area contributed by atoms with Crippen molar-refractivity contribution in [3.63, 3.8) is 0 Å². The minimum atomic E-state index is -0.280. The van der Waals surface area contributed by atoms with Crippen LogP contribution >= 0.6 is 11.3 Å². The number of esters is 1. The number of thiophene rings is 1. The van der Waals surface area contributed by atoms with Gasteiger partial charge in [-0.2, -0.15) is 0 Å². The van der Waals surface area contributed by atoms with Crippen molar-refractivity contribution in [1.82, 2.24) is 0 Å². The number of hydrogen-bond donors (Lipinski definition) is 0. The van der Waals surface area contributed by atoms with E-state index in [4.69, 9.17) is 4.74 Å². The van der Waals surface area contributed by atoms with Crippen LogP contribution in [-0.2, 0) is 14.9 Å². The Hall–Kier alpha value is -1.09. The van der Waals surface area contributed by atoms with E-state index in [1.807, 2.05) is 12.1 Å². The van der Waals surface area contributed by atoms with E-state index in [2.05, 4.69) is 26.8 Å². The number of carbonyl (C=O) groups is 1. The van der Waals surface area contributed by atoms with Gasteiger partial charge in [0.1, 0.15) is 0 Å². The van der Waals surface area contributed by atoms with Crippen LogP contribution in [0.2, 0.25) is 0 Å². The molecule has 3 heteroatoms. The fourth-order valence-corrected chi connectivity index (χ4v) is 2.40. The van der Waals surface area contributed by atoms with Gasteiger partial charge in [-0.25, -0.2) is 4.79 Å². The highest BCUT2D eigenvalue weighted by Crippen LogP contribution is 2.32. The van der Waals surface area contributed by atoms with Crippen molar-refractivity contribution in [2.45, 2.75) is 39.5 Å². The van der Waals surface area contributed by atoms with E-state index in [-0.39, 0.29) is 11.4 Å². The summed E-state index contributed by atoms with van der Waals surface area (Å²) in [6.45, 7) is 8.88. The first-order valence-electron chi connectivity index (χ1n) is 5.94.